The average Bonchev–Trinajstić information content (AvgIpc) is 3.61. The van der Waals surface area contributed by atoms with Crippen molar-refractivity contribution in [2.45, 2.75) is 30.2 Å². The van der Waals surface area contributed by atoms with Gasteiger partial charge in [-0.15, -0.1) is 28.1 Å². The summed E-state index contributed by atoms with van der Waals surface area (Å²) in [5.41, 5.74) is 1.06. The van der Waals surface area contributed by atoms with Crippen molar-refractivity contribution in [2.75, 3.05) is 6.79 Å². The lowest BCUT2D eigenvalue weighted by atomic mass is 10.2. The molecule has 0 atom stereocenters. The third-order valence-corrected chi connectivity index (χ3v) is 7.10. The van der Waals surface area contributed by atoms with Gasteiger partial charge in [0.2, 0.25) is 6.79 Å². The highest BCUT2D eigenvalue weighted by molar-refractivity contribution is 7.98. The quantitative estimate of drug-likeness (QED) is 0.188. The van der Waals surface area contributed by atoms with Gasteiger partial charge < -0.3 is 14.2 Å². The number of aromatic nitrogens is 4. The number of nitrogens with zero attached hydrogens (tertiary/aromatic N) is 4. The second kappa shape index (κ2) is 10.2. The lowest BCUT2D eigenvalue weighted by Crippen LogP contribution is -2.08. The van der Waals surface area contributed by atoms with E-state index in [1.165, 1.54) is 35.2 Å². The topological polar surface area (TPSA) is 71.3 Å². The van der Waals surface area contributed by atoms with Gasteiger partial charge in [-0.3, -0.25) is 4.57 Å². The van der Waals surface area contributed by atoms with Crippen molar-refractivity contribution < 1.29 is 27.4 Å². The van der Waals surface area contributed by atoms with Gasteiger partial charge in [-0.25, -0.2) is 4.98 Å². The first-order valence-corrected chi connectivity index (χ1v) is 12.6. The van der Waals surface area contributed by atoms with Crippen molar-refractivity contribution >= 4 is 23.1 Å². The molecule has 36 heavy (non-hydrogen) atoms. The molecule has 4 aromatic rings. The fourth-order valence-corrected chi connectivity index (χ4v) is 5.21. The number of thioether (sulfide) groups is 1. The Hall–Kier alpha value is -3.51. The summed E-state index contributed by atoms with van der Waals surface area (Å²) < 4.78 is 57.1. The minimum Gasteiger partial charge on any atom is -0.486 e. The van der Waals surface area contributed by atoms with E-state index < -0.39 is 11.7 Å². The number of rotatable bonds is 9. The molecule has 186 valence electrons. The first-order valence-electron chi connectivity index (χ1n) is 10.7. The maximum atomic E-state index is 13.0. The Morgan fingerprint density at radius 1 is 1.14 bits per heavy atom. The second-order valence-corrected chi connectivity index (χ2v) is 9.41. The zero-order chi connectivity index (χ0) is 25.1. The van der Waals surface area contributed by atoms with Crippen LogP contribution in [0.25, 0.3) is 10.6 Å². The molecule has 12 heteroatoms. The predicted molar refractivity (Wildman–Crippen MR) is 129 cm³/mol. The molecule has 0 spiro atoms. The minimum absolute atomic E-state index is 0.0341. The van der Waals surface area contributed by atoms with Gasteiger partial charge in [0.05, 0.1) is 11.3 Å². The first-order chi connectivity index (χ1) is 17.4. The van der Waals surface area contributed by atoms with Crippen molar-refractivity contribution in [1.29, 1.82) is 0 Å². The zero-order valence-corrected chi connectivity index (χ0v) is 20.3. The third kappa shape index (κ3) is 5.34. The molecule has 5 rings (SSSR count). The molecular formula is C24H19F3N4O3S2. The molecule has 0 aliphatic carbocycles. The smallest absolute Gasteiger partial charge is 0.416 e. The zero-order valence-electron chi connectivity index (χ0n) is 18.7. The summed E-state index contributed by atoms with van der Waals surface area (Å²) in [5.74, 6) is 2.57. The van der Waals surface area contributed by atoms with E-state index in [9.17, 15) is 13.2 Å². The van der Waals surface area contributed by atoms with Crippen molar-refractivity contribution in [3.63, 3.8) is 0 Å². The highest BCUT2D eigenvalue weighted by atomic mass is 32.2. The molecule has 0 unspecified atom stereocenters. The van der Waals surface area contributed by atoms with E-state index in [-0.39, 0.29) is 19.1 Å². The van der Waals surface area contributed by atoms with E-state index in [4.69, 9.17) is 19.2 Å². The van der Waals surface area contributed by atoms with E-state index in [2.05, 4.69) is 16.8 Å². The van der Waals surface area contributed by atoms with E-state index in [1.54, 1.807) is 6.08 Å². The molecule has 2 aromatic carbocycles. The lowest BCUT2D eigenvalue weighted by molar-refractivity contribution is -0.137. The summed E-state index contributed by atoms with van der Waals surface area (Å²) in [6, 6.07) is 10.5. The van der Waals surface area contributed by atoms with Crippen molar-refractivity contribution in [1.82, 2.24) is 19.7 Å². The summed E-state index contributed by atoms with van der Waals surface area (Å²) >= 11 is 2.99. The molecule has 0 fully saturated rings. The van der Waals surface area contributed by atoms with Gasteiger partial charge in [0, 0.05) is 23.2 Å². The molecule has 3 heterocycles. The number of halogens is 3. The standard InChI is InChI=1S/C24H19F3N4O3S2/c1-2-8-31-21(11-32-18-5-3-4-16(10-18)24(25,26)27)29-30-23(31)36-13-17-12-35-22(28-17)15-6-7-19-20(9-15)34-14-33-19/h2-7,9-10,12H,1,8,11,13-14H2. The average molecular weight is 533 g/mol. The Labute approximate surface area is 212 Å². The molecule has 0 bridgehead atoms. The molecular weight excluding hydrogens is 513 g/mol. The van der Waals surface area contributed by atoms with Crippen LogP contribution in [0.2, 0.25) is 0 Å². The Bertz CT molecular complexity index is 1390. The van der Waals surface area contributed by atoms with Crippen LogP contribution in [0.3, 0.4) is 0 Å². The monoisotopic (exact) mass is 532 g/mol. The maximum absolute atomic E-state index is 13.0. The Morgan fingerprint density at radius 2 is 2.00 bits per heavy atom. The molecule has 0 saturated heterocycles. The number of benzene rings is 2. The number of fused-ring (bicyclic) bond motifs is 1. The van der Waals surface area contributed by atoms with Gasteiger partial charge in [-0.1, -0.05) is 23.9 Å². The fourth-order valence-electron chi connectivity index (χ4n) is 3.43. The highest BCUT2D eigenvalue weighted by Crippen LogP contribution is 2.37. The van der Waals surface area contributed by atoms with Crippen LogP contribution in [0, 0.1) is 0 Å². The summed E-state index contributed by atoms with van der Waals surface area (Å²) in [6.45, 7) is 4.39. The number of hydrogen-bond donors (Lipinski definition) is 0. The molecule has 2 aromatic heterocycles. The van der Waals surface area contributed by atoms with Crippen LogP contribution in [0.15, 0.2) is 65.7 Å². The molecule has 7 nitrogen and oxygen atoms in total. The van der Waals surface area contributed by atoms with Crippen molar-refractivity contribution in [3.05, 3.63) is 77.6 Å². The van der Waals surface area contributed by atoms with E-state index in [1.807, 2.05) is 28.1 Å². The third-order valence-electron chi connectivity index (χ3n) is 5.15. The summed E-state index contributed by atoms with van der Waals surface area (Å²) in [5, 5.41) is 11.9. The SMILES string of the molecule is C=CCn1c(COc2cccc(C(F)(F)F)c2)nnc1SCc1csc(-c2ccc3c(c2)OCO3)n1. The number of thiazole rings is 1. The second-order valence-electron chi connectivity index (χ2n) is 7.61. The van der Waals surface area contributed by atoms with Gasteiger partial charge in [0.15, 0.2) is 22.5 Å². The molecule has 0 radical (unpaired) electrons. The van der Waals surface area contributed by atoms with Gasteiger partial charge >= 0.3 is 6.18 Å². The van der Waals surface area contributed by atoms with Crippen LogP contribution in [-0.2, 0) is 25.1 Å². The van der Waals surface area contributed by atoms with Crippen LogP contribution < -0.4 is 14.2 Å². The number of hydrogen-bond acceptors (Lipinski definition) is 8. The van der Waals surface area contributed by atoms with Crippen LogP contribution in [0.1, 0.15) is 17.1 Å². The predicted octanol–water partition coefficient (Wildman–Crippen LogP) is 6.21. The molecule has 0 saturated carbocycles. The molecule has 1 aliphatic rings. The Morgan fingerprint density at radius 3 is 2.83 bits per heavy atom. The highest BCUT2D eigenvalue weighted by Gasteiger charge is 2.30. The van der Waals surface area contributed by atoms with Gasteiger partial charge in [-0.05, 0) is 36.4 Å². The maximum Gasteiger partial charge on any atom is 0.416 e. The van der Waals surface area contributed by atoms with Crippen molar-refractivity contribution in [3.8, 4) is 27.8 Å². The summed E-state index contributed by atoms with van der Waals surface area (Å²) in [6.07, 6.45) is -2.74. The minimum atomic E-state index is -4.44. The normalized spacial score (nSPS) is 12.6. The number of allylic oxidation sites excluding steroid dienone is 1. The summed E-state index contributed by atoms with van der Waals surface area (Å²) in [4.78, 5) is 4.71. The van der Waals surface area contributed by atoms with E-state index in [0.29, 0.717) is 29.0 Å². The van der Waals surface area contributed by atoms with Crippen molar-refractivity contribution in [2.24, 2.45) is 0 Å². The molecule has 0 amide bonds. The summed E-state index contributed by atoms with van der Waals surface area (Å²) in [7, 11) is 0. The number of alkyl halides is 3. The largest absolute Gasteiger partial charge is 0.486 e. The number of ether oxygens (including phenoxy) is 3. The van der Waals surface area contributed by atoms with Crippen LogP contribution in [0.5, 0.6) is 17.2 Å². The van der Waals surface area contributed by atoms with E-state index >= 15 is 0 Å². The lowest BCUT2D eigenvalue weighted by Gasteiger charge is -2.11. The Kier molecular flexibility index (Phi) is 6.88. The molecule has 1 aliphatic heterocycles. The Balaban J connectivity index is 1.25. The van der Waals surface area contributed by atoms with E-state index in [0.717, 1.165) is 34.1 Å². The van der Waals surface area contributed by atoms with Gasteiger partial charge in [-0.2, -0.15) is 13.2 Å². The van der Waals surface area contributed by atoms with Crippen LogP contribution in [-0.4, -0.2) is 26.5 Å². The first kappa shape index (κ1) is 24.2. The van der Waals surface area contributed by atoms with Gasteiger partial charge in [0.25, 0.3) is 0 Å². The fraction of sp³-hybridized carbons (Fsp3) is 0.208. The van der Waals surface area contributed by atoms with Gasteiger partial charge in [0.1, 0.15) is 17.4 Å². The molecule has 0 N–H and O–H groups in total. The van der Waals surface area contributed by atoms with Crippen LogP contribution in [0.4, 0.5) is 13.2 Å². The van der Waals surface area contributed by atoms with Crippen LogP contribution >= 0.6 is 23.1 Å².